The van der Waals surface area contributed by atoms with Crippen molar-refractivity contribution in [3.63, 3.8) is 0 Å². The van der Waals surface area contributed by atoms with E-state index in [1.54, 1.807) is 18.3 Å². The summed E-state index contributed by atoms with van der Waals surface area (Å²) in [6.45, 7) is 8.87. The number of rotatable bonds is 7. The summed E-state index contributed by atoms with van der Waals surface area (Å²) in [6, 6.07) is 0. The molecule has 102 valence electrons. The summed E-state index contributed by atoms with van der Waals surface area (Å²) in [5.74, 6) is -0.0679. The molecule has 0 unspecified atom stereocenters. The average Bonchev–Trinajstić information content (AvgIpc) is 2.67. The van der Waals surface area contributed by atoms with E-state index in [-0.39, 0.29) is 5.91 Å². The van der Waals surface area contributed by atoms with Crippen molar-refractivity contribution in [1.29, 1.82) is 0 Å². The van der Waals surface area contributed by atoms with Crippen molar-refractivity contribution in [2.45, 2.75) is 53.2 Å². The first kappa shape index (κ1) is 15.1. The van der Waals surface area contributed by atoms with Crippen molar-refractivity contribution in [3.05, 3.63) is 15.6 Å². The highest BCUT2D eigenvalue weighted by Crippen LogP contribution is 2.19. The van der Waals surface area contributed by atoms with Crippen LogP contribution >= 0.6 is 11.3 Å². The molecule has 0 spiro atoms. The molecule has 18 heavy (non-hydrogen) atoms. The lowest BCUT2D eigenvalue weighted by Crippen LogP contribution is -2.34. The molecule has 0 radical (unpaired) electrons. The third-order valence-corrected chi connectivity index (χ3v) is 3.83. The maximum atomic E-state index is 11.7. The summed E-state index contributed by atoms with van der Waals surface area (Å²) in [7, 11) is 0. The van der Waals surface area contributed by atoms with Crippen LogP contribution in [0.25, 0.3) is 0 Å². The van der Waals surface area contributed by atoms with Gasteiger partial charge in [0.1, 0.15) is 6.10 Å². The lowest BCUT2D eigenvalue weighted by molar-refractivity contribution is -0.131. The van der Waals surface area contributed by atoms with Gasteiger partial charge in [0.2, 0.25) is 5.91 Å². The molecular weight excluding hydrogens is 248 g/mol. The predicted octanol–water partition coefficient (Wildman–Crippen LogP) is 2.45. The van der Waals surface area contributed by atoms with E-state index in [2.05, 4.69) is 17.2 Å². The number of hydrogen-bond acceptors (Lipinski definition) is 4. The molecular formula is C13H22N2O2S. The third kappa shape index (κ3) is 4.38. The zero-order valence-corrected chi connectivity index (χ0v) is 12.4. The van der Waals surface area contributed by atoms with Crippen molar-refractivity contribution in [2.24, 2.45) is 0 Å². The van der Waals surface area contributed by atoms with Crippen LogP contribution in [0.5, 0.6) is 0 Å². The highest BCUT2D eigenvalue weighted by Gasteiger charge is 2.13. The summed E-state index contributed by atoms with van der Waals surface area (Å²) < 4.78 is 5.24. The van der Waals surface area contributed by atoms with Gasteiger partial charge in [0.05, 0.1) is 17.2 Å². The highest BCUT2D eigenvalue weighted by atomic mass is 32.1. The second-order valence-corrected chi connectivity index (χ2v) is 5.35. The molecule has 4 nitrogen and oxygen atoms in total. The van der Waals surface area contributed by atoms with Gasteiger partial charge in [-0.15, -0.1) is 11.3 Å². The van der Waals surface area contributed by atoms with Crippen LogP contribution in [0.2, 0.25) is 0 Å². The van der Waals surface area contributed by atoms with Gasteiger partial charge in [-0.1, -0.05) is 6.92 Å². The monoisotopic (exact) mass is 270 g/mol. The Morgan fingerprint density at radius 1 is 1.50 bits per heavy atom. The number of carbonyl (C=O) groups excluding carboxylic acids is 1. The number of hydrogen-bond donors (Lipinski definition) is 1. The molecule has 1 N–H and O–H groups in total. The standard InChI is InChI=1S/C13H22N2O2S/c1-5-7-12-15-9(3)11(18-12)8-14-13(16)10(4)17-6-2/h10H,5-8H2,1-4H3,(H,14,16)/t10-/m1/s1. The zero-order chi connectivity index (χ0) is 13.5. The molecule has 0 saturated carbocycles. The van der Waals surface area contributed by atoms with Gasteiger partial charge in [-0.2, -0.15) is 0 Å². The average molecular weight is 270 g/mol. The Morgan fingerprint density at radius 2 is 2.22 bits per heavy atom. The number of thiazole rings is 1. The number of carbonyl (C=O) groups is 1. The van der Waals surface area contributed by atoms with Gasteiger partial charge in [0.25, 0.3) is 0 Å². The lowest BCUT2D eigenvalue weighted by atomic mass is 10.3. The summed E-state index contributed by atoms with van der Waals surface area (Å²) in [5.41, 5.74) is 1.02. The second-order valence-electron chi connectivity index (χ2n) is 4.18. The minimum atomic E-state index is -0.390. The van der Waals surface area contributed by atoms with Gasteiger partial charge in [-0.05, 0) is 33.6 Å². The van der Waals surface area contributed by atoms with Crippen LogP contribution in [-0.4, -0.2) is 23.6 Å². The quantitative estimate of drug-likeness (QED) is 0.828. The van der Waals surface area contributed by atoms with E-state index in [0.29, 0.717) is 13.2 Å². The Balaban J connectivity index is 2.50. The summed E-state index contributed by atoms with van der Waals surface area (Å²) in [5, 5.41) is 4.04. The van der Waals surface area contributed by atoms with Crippen LogP contribution in [0.1, 0.15) is 42.8 Å². The Bertz CT molecular complexity index is 390. The van der Waals surface area contributed by atoms with Crippen molar-refractivity contribution in [1.82, 2.24) is 10.3 Å². The van der Waals surface area contributed by atoms with Crippen molar-refractivity contribution in [2.75, 3.05) is 6.61 Å². The van der Waals surface area contributed by atoms with E-state index >= 15 is 0 Å². The Labute approximate surface area is 113 Å². The molecule has 1 heterocycles. The fourth-order valence-electron chi connectivity index (χ4n) is 1.61. The topological polar surface area (TPSA) is 51.2 Å². The smallest absolute Gasteiger partial charge is 0.249 e. The molecule has 1 aromatic heterocycles. The van der Waals surface area contributed by atoms with Crippen molar-refractivity contribution in [3.8, 4) is 0 Å². The molecule has 1 rings (SSSR count). The van der Waals surface area contributed by atoms with E-state index < -0.39 is 6.10 Å². The first-order valence-electron chi connectivity index (χ1n) is 6.42. The molecule has 0 aromatic carbocycles. The number of amides is 1. The summed E-state index contributed by atoms with van der Waals surface area (Å²) in [4.78, 5) is 17.3. The maximum absolute atomic E-state index is 11.7. The molecule has 1 atom stereocenters. The number of nitrogens with one attached hydrogen (secondary N) is 1. The van der Waals surface area contributed by atoms with Crippen LogP contribution in [0.3, 0.4) is 0 Å². The second kappa shape index (κ2) is 7.48. The van der Waals surface area contributed by atoms with Crippen molar-refractivity contribution >= 4 is 17.2 Å². The predicted molar refractivity (Wildman–Crippen MR) is 73.8 cm³/mol. The van der Waals surface area contributed by atoms with E-state index in [4.69, 9.17) is 4.74 Å². The lowest BCUT2D eigenvalue weighted by Gasteiger charge is -2.11. The van der Waals surface area contributed by atoms with E-state index in [0.717, 1.165) is 28.4 Å². The van der Waals surface area contributed by atoms with Crippen molar-refractivity contribution < 1.29 is 9.53 Å². The first-order chi connectivity index (χ1) is 8.58. The zero-order valence-electron chi connectivity index (χ0n) is 11.6. The van der Waals surface area contributed by atoms with Crippen LogP contribution < -0.4 is 5.32 Å². The summed E-state index contributed by atoms with van der Waals surface area (Å²) >= 11 is 1.68. The largest absolute Gasteiger partial charge is 0.369 e. The van der Waals surface area contributed by atoms with Gasteiger partial charge in [-0.3, -0.25) is 4.79 Å². The Morgan fingerprint density at radius 3 is 2.83 bits per heavy atom. The molecule has 0 aliphatic rings. The van der Waals surface area contributed by atoms with E-state index in [1.807, 2.05) is 13.8 Å². The SMILES string of the molecule is CCCc1nc(C)c(CNC(=O)[C@@H](C)OCC)s1. The number of ether oxygens (including phenoxy) is 1. The van der Waals surface area contributed by atoms with Gasteiger partial charge in [-0.25, -0.2) is 4.98 Å². The molecule has 0 bridgehead atoms. The van der Waals surface area contributed by atoms with Crippen LogP contribution in [0.4, 0.5) is 0 Å². The van der Waals surface area contributed by atoms with Gasteiger partial charge in [0.15, 0.2) is 0 Å². The normalized spacial score (nSPS) is 12.4. The molecule has 1 aromatic rings. The number of nitrogens with zero attached hydrogens (tertiary/aromatic N) is 1. The highest BCUT2D eigenvalue weighted by molar-refractivity contribution is 7.11. The van der Waals surface area contributed by atoms with Gasteiger partial charge < -0.3 is 10.1 Å². The molecule has 5 heteroatoms. The van der Waals surface area contributed by atoms with Crippen LogP contribution in [0.15, 0.2) is 0 Å². The van der Waals surface area contributed by atoms with Gasteiger partial charge in [0, 0.05) is 11.5 Å². The van der Waals surface area contributed by atoms with Gasteiger partial charge >= 0.3 is 0 Å². The Hall–Kier alpha value is -0.940. The fourth-order valence-corrected chi connectivity index (χ4v) is 2.72. The van der Waals surface area contributed by atoms with Crippen LogP contribution in [0, 0.1) is 6.92 Å². The number of aromatic nitrogens is 1. The van der Waals surface area contributed by atoms with Crippen LogP contribution in [-0.2, 0) is 22.5 Å². The summed E-state index contributed by atoms with van der Waals surface area (Å²) in [6.07, 6.45) is 1.72. The Kier molecular flexibility index (Phi) is 6.29. The van der Waals surface area contributed by atoms with E-state index in [9.17, 15) is 4.79 Å². The molecule has 1 amide bonds. The molecule has 0 fully saturated rings. The minimum Gasteiger partial charge on any atom is -0.369 e. The molecule has 0 aliphatic heterocycles. The fraction of sp³-hybridized carbons (Fsp3) is 0.692. The van der Waals surface area contributed by atoms with E-state index in [1.165, 1.54) is 0 Å². The third-order valence-electron chi connectivity index (χ3n) is 2.61. The maximum Gasteiger partial charge on any atom is 0.249 e. The number of aryl methyl sites for hydroxylation is 2. The molecule has 0 saturated heterocycles. The molecule has 0 aliphatic carbocycles. The minimum absolute atomic E-state index is 0.0679. The first-order valence-corrected chi connectivity index (χ1v) is 7.24.